The van der Waals surface area contributed by atoms with Crippen molar-refractivity contribution in [3.8, 4) is 0 Å². The summed E-state index contributed by atoms with van der Waals surface area (Å²) in [5, 5.41) is 2.69. The molecule has 7 nitrogen and oxygen atoms in total. The number of hydrogen-bond acceptors (Lipinski definition) is 5. The topological polar surface area (TPSA) is 73.0 Å². The first-order chi connectivity index (χ1) is 13.1. The largest absolute Gasteiger partial charge is 0.368 e. The van der Waals surface area contributed by atoms with Gasteiger partial charge in [-0.25, -0.2) is 12.7 Å². The molecule has 4 rings (SSSR count). The van der Waals surface area contributed by atoms with Crippen molar-refractivity contribution in [3.63, 3.8) is 0 Å². The van der Waals surface area contributed by atoms with Crippen LogP contribution in [0.25, 0.3) is 0 Å². The van der Waals surface area contributed by atoms with Gasteiger partial charge in [0.1, 0.15) is 0 Å². The fourth-order valence-corrected chi connectivity index (χ4v) is 6.25. The molecule has 148 valence electrons. The van der Waals surface area contributed by atoms with E-state index in [-0.39, 0.29) is 11.9 Å². The Bertz CT molecular complexity index is 756. The molecule has 0 saturated carbocycles. The lowest BCUT2D eigenvalue weighted by atomic mass is 10.1. The molecule has 8 heteroatoms. The van der Waals surface area contributed by atoms with Gasteiger partial charge >= 0.3 is 0 Å². The third kappa shape index (κ3) is 3.83. The summed E-state index contributed by atoms with van der Waals surface area (Å²) in [6.45, 7) is 4.58. The zero-order valence-corrected chi connectivity index (χ0v) is 16.4. The summed E-state index contributed by atoms with van der Waals surface area (Å²) in [4.78, 5) is 17.0. The highest BCUT2D eigenvalue weighted by Crippen LogP contribution is 2.24. The summed E-state index contributed by atoms with van der Waals surface area (Å²) in [6.07, 6.45) is 2.26. The predicted molar refractivity (Wildman–Crippen MR) is 105 cm³/mol. The minimum atomic E-state index is -3.29. The van der Waals surface area contributed by atoms with Gasteiger partial charge in [-0.3, -0.25) is 4.79 Å². The van der Waals surface area contributed by atoms with Crippen LogP contribution >= 0.6 is 0 Å². The molecule has 1 N–H and O–H groups in total. The molecule has 3 heterocycles. The highest BCUT2D eigenvalue weighted by molar-refractivity contribution is 7.89. The number of carbonyl (C=O) groups excluding carboxylic acids is 1. The predicted octanol–water partition coefficient (Wildman–Crippen LogP) is 0.491. The Kier molecular flexibility index (Phi) is 5.39. The molecule has 1 amide bonds. The Labute approximate surface area is 161 Å². The van der Waals surface area contributed by atoms with Crippen molar-refractivity contribution in [2.75, 3.05) is 50.7 Å². The second kappa shape index (κ2) is 7.77. The SMILES string of the molecule is O=C(C1CC(S(=O)(=O)N2CCCC2)CN1)N1CCN(c2ccccc2)CC1. The molecule has 0 radical (unpaired) electrons. The number of sulfonamides is 1. The number of hydrogen-bond donors (Lipinski definition) is 1. The standard InChI is InChI=1S/C19H28N4O3S/c24-19(22-12-10-21(11-13-22)16-6-2-1-3-7-16)18-14-17(15-20-18)27(25,26)23-8-4-5-9-23/h1-3,6-7,17-18,20H,4-5,8-15H2. The molecule has 0 bridgehead atoms. The number of nitrogens with one attached hydrogen (secondary N) is 1. The molecule has 0 aliphatic carbocycles. The maximum atomic E-state index is 12.9. The van der Waals surface area contributed by atoms with Crippen LogP contribution in [0.5, 0.6) is 0 Å². The quantitative estimate of drug-likeness (QED) is 0.808. The van der Waals surface area contributed by atoms with Gasteiger partial charge in [0.2, 0.25) is 15.9 Å². The molecule has 1 aromatic carbocycles. The molecule has 3 aliphatic heterocycles. The Balaban J connectivity index is 1.32. The van der Waals surface area contributed by atoms with E-state index in [2.05, 4.69) is 22.3 Å². The summed E-state index contributed by atoms with van der Waals surface area (Å²) >= 11 is 0. The van der Waals surface area contributed by atoms with E-state index in [0.29, 0.717) is 39.1 Å². The molecule has 0 spiro atoms. The van der Waals surface area contributed by atoms with Crippen LogP contribution in [0.4, 0.5) is 5.69 Å². The lowest BCUT2D eigenvalue weighted by molar-refractivity contribution is -0.133. The summed E-state index contributed by atoms with van der Waals surface area (Å²) in [7, 11) is -3.29. The smallest absolute Gasteiger partial charge is 0.239 e. The van der Waals surface area contributed by atoms with E-state index >= 15 is 0 Å². The highest BCUT2D eigenvalue weighted by atomic mass is 32.2. The molecular weight excluding hydrogens is 364 g/mol. The number of piperazine rings is 1. The molecule has 3 saturated heterocycles. The monoisotopic (exact) mass is 392 g/mol. The normalized spacial score (nSPS) is 27.3. The van der Waals surface area contributed by atoms with Crippen LogP contribution in [0.1, 0.15) is 19.3 Å². The van der Waals surface area contributed by atoms with Gasteiger partial charge in [0, 0.05) is 51.5 Å². The number of anilines is 1. The maximum Gasteiger partial charge on any atom is 0.239 e. The minimum Gasteiger partial charge on any atom is -0.368 e. The highest BCUT2D eigenvalue weighted by Gasteiger charge is 2.42. The summed E-state index contributed by atoms with van der Waals surface area (Å²) < 4.78 is 27.1. The molecule has 1 aromatic rings. The van der Waals surface area contributed by atoms with Crippen molar-refractivity contribution >= 4 is 21.6 Å². The van der Waals surface area contributed by atoms with Crippen molar-refractivity contribution in [1.29, 1.82) is 0 Å². The molecule has 0 aromatic heterocycles. The zero-order valence-electron chi connectivity index (χ0n) is 15.6. The number of benzene rings is 1. The van der Waals surface area contributed by atoms with Crippen LogP contribution in [0.2, 0.25) is 0 Å². The van der Waals surface area contributed by atoms with Crippen LogP contribution in [-0.4, -0.2) is 80.6 Å². The Morgan fingerprint density at radius 3 is 2.30 bits per heavy atom. The van der Waals surface area contributed by atoms with Crippen molar-refractivity contribution in [3.05, 3.63) is 30.3 Å². The average molecular weight is 393 g/mol. The van der Waals surface area contributed by atoms with Gasteiger partial charge in [-0.1, -0.05) is 18.2 Å². The Hall–Kier alpha value is -1.64. The van der Waals surface area contributed by atoms with Crippen LogP contribution in [0.3, 0.4) is 0 Å². The van der Waals surface area contributed by atoms with E-state index in [1.54, 1.807) is 4.31 Å². The molecule has 3 aliphatic rings. The Morgan fingerprint density at radius 2 is 1.63 bits per heavy atom. The Morgan fingerprint density at radius 1 is 0.963 bits per heavy atom. The fraction of sp³-hybridized carbons (Fsp3) is 0.632. The lowest BCUT2D eigenvalue weighted by Crippen LogP contribution is -2.53. The molecule has 2 atom stereocenters. The second-order valence-electron chi connectivity index (χ2n) is 7.62. The van der Waals surface area contributed by atoms with Crippen LogP contribution in [0, 0.1) is 0 Å². The molecular formula is C19H28N4O3S. The third-order valence-corrected chi connectivity index (χ3v) is 8.23. The summed E-state index contributed by atoms with van der Waals surface area (Å²) in [5.41, 5.74) is 1.18. The van der Waals surface area contributed by atoms with Gasteiger partial charge in [0.25, 0.3) is 0 Å². The molecule has 2 unspecified atom stereocenters. The van der Waals surface area contributed by atoms with E-state index < -0.39 is 15.3 Å². The van der Waals surface area contributed by atoms with E-state index in [1.165, 1.54) is 5.69 Å². The number of carbonyl (C=O) groups is 1. The maximum absolute atomic E-state index is 12.9. The fourth-order valence-electron chi connectivity index (χ4n) is 4.32. The van der Waals surface area contributed by atoms with Crippen LogP contribution < -0.4 is 10.2 Å². The minimum absolute atomic E-state index is 0.0434. The average Bonchev–Trinajstić information content (AvgIpc) is 3.41. The van der Waals surface area contributed by atoms with Gasteiger partial charge in [-0.05, 0) is 31.4 Å². The van der Waals surface area contributed by atoms with Crippen molar-refractivity contribution < 1.29 is 13.2 Å². The number of amides is 1. The van der Waals surface area contributed by atoms with Gasteiger partial charge in [0.15, 0.2) is 0 Å². The van der Waals surface area contributed by atoms with Crippen molar-refractivity contribution in [2.24, 2.45) is 0 Å². The lowest BCUT2D eigenvalue weighted by Gasteiger charge is -2.37. The van der Waals surface area contributed by atoms with Gasteiger partial charge in [0.05, 0.1) is 11.3 Å². The van der Waals surface area contributed by atoms with Gasteiger partial charge in [-0.15, -0.1) is 0 Å². The number of nitrogens with zero attached hydrogens (tertiary/aromatic N) is 3. The van der Waals surface area contributed by atoms with Crippen LogP contribution in [0.15, 0.2) is 30.3 Å². The van der Waals surface area contributed by atoms with Crippen molar-refractivity contribution in [1.82, 2.24) is 14.5 Å². The van der Waals surface area contributed by atoms with Gasteiger partial charge in [-0.2, -0.15) is 0 Å². The first-order valence-corrected chi connectivity index (χ1v) is 11.4. The number of rotatable bonds is 4. The van der Waals surface area contributed by atoms with E-state index in [0.717, 1.165) is 25.9 Å². The van der Waals surface area contributed by atoms with Gasteiger partial charge < -0.3 is 15.1 Å². The van der Waals surface area contributed by atoms with E-state index in [9.17, 15) is 13.2 Å². The molecule has 3 fully saturated rings. The summed E-state index contributed by atoms with van der Waals surface area (Å²) in [5.74, 6) is 0.0434. The van der Waals surface area contributed by atoms with Crippen LogP contribution in [-0.2, 0) is 14.8 Å². The first kappa shape index (κ1) is 18.7. The van der Waals surface area contributed by atoms with E-state index in [1.807, 2.05) is 23.1 Å². The first-order valence-electron chi connectivity index (χ1n) is 9.87. The zero-order chi connectivity index (χ0) is 18.9. The number of para-hydroxylation sites is 1. The second-order valence-corrected chi connectivity index (χ2v) is 9.83. The van der Waals surface area contributed by atoms with Crippen molar-refractivity contribution in [2.45, 2.75) is 30.6 Å². The molecule has 27 heavy (non-hydrogen) atoms. The summed E-state index contributed by atoms with van der Waals surface area (Å²) in [6, 6.07) is 9.84. The van der Waals surface area contributed by atoms with E-state index in [4.69, 9.17) is 0 Å². The third-order valence-electron chi connectivity index (χ3n) is 5.95.